The van der Waals surface area contributed by atoms with E-state index in [0.29, 0.717) is 11.3 Å². The van der Waals surface area contributed by atoms with Crippen molar-refractivity contribution in [2.24, 2.45) is 0 Å². The molecule has 0 aliphatic rings. The minimum absolute atomic E-state index is 0.00476. The normalized spacial score (nSPS) is 11.2. The predicted octanol–water partition coefficient (Wildman–Crippen LogP) is 3.38. The van der Waals surface area contributed by atoms with Crippen LogP contribution in [0.15, 0.2) is 42.6 Å². The van der Waals surface area contributed by atoms with Gasteiger partial charge in [-0.2, -0.15) is 9.97 Å². The lowest BCUT2D eigenvalue weighted by molar-refractivity contribution is 0.0512. The van der Waals surface area contributed by atoms with Crippen molar-refractivity contribution in [1.82, 2.24) is 15.0 Å². The van der Waals surface area contributed by atoms with Gasteiger partial charge in [-0.05, 0) is 22.9 Å². The molecule has 2 heterocycles. The molecule has 0 radical (unpaired) electrons. The first-order valence-electron chi connectivity index (χ1n) is 7.97. The van der Waals surface area contributed by atoms with Crippen LogP contribution in [-0.2, 0) is 4.74 Å². The minimum Gasteiger partial charge on any atom is -0.493 e. The number of aromatic hydroxyl groups is 2. The number of nitrogens with zero attached hydrogens (tertiary/aromatic N) is 3. The molecule has 0 atom stereocenters. The molecule has 4 aromatic rings. The summed E-state index contributed by atoms with van der Waals surface area (Å²) in [7, 11) is 1.51. The maximum absolute atomic E-state index is 15.2. The quantitative estimate of drug-likeness (QED) is 0.534. The van der Waals surface area contributed by atoms with Gasteiger partial charge in [-0.25, -0.2) is 4.39 Å². The third-order valence-corrected chi connectivity index (χ3v) is 4.09. The Balaban J connectivity index is 2.00. The summed E-state index contributed by atoms with van der Waals surface area (Å²) in [6.07, 6.45) is 1.26. The Hall–Kier alpha value is -3.52. The van der Waals surface area contributed by atoms with Crippen LogP contribution in [0.25, 0.3) is 32.9 Å². The number of pyridine rings is 1. The third-order valence-electron chi connectivity index (χ3n) is 4.09. The predicted molar refractivity (Wildman–Crippen MR) is 96.1 cm³/mol. The Morgan fingerprint density at radius 3 is 2.70 bits per heavy atom. The van der Waals surface area contributed by atoms with Gasteiger partial charge in [0.1, 0.15) is 17.0 Å². The number of ether oxygens (including phenoxy) is 2. The van der Waals surface area contributed by atoms with Crippen LogP contribution in [0.1, 0.15) is 0 Å². The largest absolute Gasteiger partial charge is 0.493 e. The van der Waals surface area contributed by atoms with Gasteiger partial charge in [-0.3, -0.25) is 4.98 Å². The van der Waals surface area contributed by atoms with Gasteiger partial charge in [0.05, 0.1) is 5.39 Å². The van der Waals surface area contributed by atoms with E-state index in [0.717, 1.165) is 10.8 Å². The first kappa shape index (κ1) is 16.9. The Kier molecular flexibility index (Phi) is 4.17. The summed E-state index contributed by atoms with van der Waals surface area (Å²) in [5.41, 5.74) is 0.271. The first-order chi connectivity index (χ1) is 13.1. The summed E-state index contributed by atoms with van der Waals surface area (Å²) in [5, 5.41) is 20.9. The van der Waals surface area contributed by atoms with Crippen molar-refractivity contribution in [1.29, 1.82) is 0 Å². The molecule has 2 N–H and O–H groups in total. The fraction of sp³-hybridized carbons (Fsp3) is 0.105. The Morgan fingerprint density at radius 2 is 1.89 bits per heavy atom. The van der Waals surface area contributed by atoms with Gasteiger partial charge in [0.15, 0.2) is 12.6 Å². The van der Waals surface area contributed by atoms with Crippen molar-refractivity contribution in [3.63, 3.8) is 0 Å². The first-order valence-corrected chi connectivity index (χ1v) is 7.97. The highest BCUT2D eigenvalue weighted by Crippen LogP contribution is 2.36. The molecule has 0 aliphatic carbocycles. The van der Waals surface area contributed by atoms with E-state index in [1.807, 2.05) is 30.3 Å². The summed E-state index contributed by atoms with van der Waals surface area (Å²) in [4.78, 5) is 11.3. The molecule has 0 bridgehead atoms. The van der Waals surface area contributed by atoms with Crippen LogP contribution in [-0.4, -0.2) is 39.1 Å². The molecule has 0 amide bonds. The van der Waals surface area contributed by atoms with Gasteiger partial charge >= 0.3 is 6.01 Å². The Bertz CT molecular complexity index is 1170. The molecule has 7 nitrogen and oxygen atoms in total. The summed E-state index contributed by atoms with van der Waals surface area (Å²) in [6, 6.07) is 10.1. The lowest BCUT2D eigenvalue weighted by Gasteiger charge is -2.12. The molecule has 0 saturated heterocycles. The van der Waals surface area contributed by atoms with Crippen molar-refractivity contribution in [2.45, 2.75) is 0 Å². The lowest BCUT2D eigenvalue weighted by Crippen LogP contribution is -2.00. The third kappa shape index (κ3) is 2.96. The second kappa shape index (κ2) is 6.65. The number of fused-ring (bicyclic) bond motifs is 2. The smallest absolute Gasteiger partial charge is 0.317 e. The summed E-state index contributed by atoms with van der Waals surface area (Å²) in [6.45, 7) is 0.0420. The second-order valence-electron chi connectivity index (χ2n) is 5.77. The number of aromatic nitrogens is 3. The highest BCUT2D eigenvalue weighted by atomic mass is 19.1. The van der Waals surface area contributed by atoms with Crippen LogP contribution in [0.5, 0.6) is 17.6 Å². The van der Waals surface area contributed by atoms with Crippen LogP contribution in [0.4, 0.5) is 4.39 Å². The van der Waals surface area contributed by atoms with Gasteiger partial charge in [0.2, 0.25) is 5.88 Å². The highest BCUT2D eigenvalue weighted by molar-refractivity contribution is 5.99. The van der Waals surface area contributed by atoms with Crippen molar-refractivity contribution in [3.8, 4) is 28.9 Å². The van der Waals surface area contributed by atoms with Crippen LogP contribution < -0.4 is 4.74 Å². The average molecular weight is 367 g/mol. The Labute approximate surface area is 152 Å². The molecule has 136 valence electrons. The summed E-state index contributed by atoms with van der Waals surface area (Å²) < 4.78 is 25.6. The number of rotatable bonds is 4. The van der Waals surface area contributed by atoms with Gasteiger partial charge in [0.25, 0.3) is 0 Å². The summed E-state index contributed by atoms with van der Waals surface area (Å²) >= 11 is 0. The summed E-state index contributed by atoms with van der Waals surface area (Å²) in [5.74, 6) is -0.840. The van der Waals surface area contributed by atoms with Crippen LogP contribution in [0.2, 0.25) is 0 Å². The average Bonchev–Trinajstić information content (AvgIpc) is 2.66. The number of hydrogen-bond donors (Lipinski definition) is 2. The number of benzene rings is 2. The molecule has 4 rings (SSSR count). The topological polar surface area (TPSA) is 97.6 Å². The zero-order valence-corrected chi connectivity index (χ0v) is 14.2. The monoisotopic (exact) mass is 367 g/mol. The van der Waals surface area contributed by atoms with E-state index in [4.69, 9.17) is 9.47 Å². The van der Waals surface area contributed by atoms with Crippen molar-refractivity contribution < 1.29 is 24.1 Å². The van der Waals surface area contributed by atoms with Gasteiger partial charge in [-0.1, -0.05) is 24.3 Å². The van der Waals surface area contributed by atoms with Gasteiger partial charge < -0.3 is 19.7 Å². The van der Waals surface area contributed by atoms with Crippen LogP contribution >= 0.6 is 0 Å². The van der Waals surface area contributed by atoms with Crippen LogP contribution in [0.3, 0.4) is 0 Å². The molecule has 0 aliphatic heterocycles. The molecule has 27 heavy (non-hydrogen) atoms. The molecule has 0 unspecified atom stereocenters. The van der Waals surface area contributed by atoms with E-state index in [9.17, 15) is 10.2 Å². The van der Waals surface area contributed by atoms with E-state index < -0.39 is 17.7 Å². The molecule has 0 fully saturated rings. The number of hydrogen-bond acceptors (Lipinski definition) is 7. The zero-order valence-electron chi connectivity index (χ0n) is 14.2. The fourth-order valence-corrected chi connectivity index (χ4v) is 2.91. The highest BCUT2D eigenvalue weighted by Gasteiger charge is 2.19. The second-order valence-corrected chi connectivity index (χ2v) is 5.77. The minimum atomic E-state index is -0.783. The molecular weight excluding hydrogens is 353 g/mol. The fourth-order valence-electron chi connectivity index (χ4n) is 2.91. The standard InChI is InChI=1S/C19H14FN3O4/c1-26-9-27-11-6-10-4-2-3-5-12(10)13(7-11)16-15(20)17-14(8-21-16)18(24)23-19(25)22-17/h2-8H,9H2,1H3,(H2,22,23,24,25). The van der Waals surface area contributed by atoms with E-state index in [2.05, 4.69) is 15.0 Å². The SMILES string of the molecule is COCOc1cc(-c2ncc3c(O)nc(O)nc3c2F)c2ccccc2c1. The van der Waals surface area contributed by atoms with E-state index in [1.165, 1.54) is 13.3 Å². The van der Waals surface area contributed by atoms with Crippen LogP contribution in [0, 0.1) is 5.82 Å². The molecule has 2 aromatic carbocycles. The molecule has 2 aromatic heterocycles. The number of halogens is 1. The zero-order chi connectivity index (χ0) is 19.0. The van der Waals surface area contributed by atoms with E-state index >= 15 is 4.39 Å². The number of methoxy groups -OCH3 is 1. The van der Waals surface area contributed by atoms with Crippen molar-refractivity contribution >= 4 is 21.7 Å². The Morgan fingerprint density at radius 1 is 1.07 bits per heavy atom. The van der Waals surface area contributed by atoms with E-state index in [-0.39, 0.29) is 23.4 Å². The maximum atomic E-state index is 15.2. The molecule has 0 spiro atoms. The van der Waals surface area contributed by atoms with E-state index in [1.54, 1.807) is 6.07 Å². The molecular formula is C19H14FN3O4. The lowest BCUT2D eigenvalue weighted by atomic mass is 10.0. The molecule has 8 heteroatoms. The molecule has 0 saturated carbocycles. The van der Waals surface area contributed by atoms with Gasteiger partial charge in [0, 0.05) is 18.9 Å². The maximum Gasteiger partial charge on any atom is 0.317 e. The van der Waals surface area contributed by atoms with Crippen molar-refractivity contribution in [2.75, 3.05) is 13.9 Å². The van der Waals surface area contributed by atoms with Crippen molar-refractivity contribution in [3.05, 3.63) is 48.4 Å². The van der Waals surface area contributed by atoms with Gasteiger partial charge in [-0.15, -0.1) is 0 Å².